The summed E-state index contributed by atoms with van der Waals surface area (Å²) in [4.78, 5) is 36.8. The van der Waals surface area contributed by atoms with E-state index in [0.717, 1.165) is 0 Å². The summed E-state index contributed by atoms with van der Waals surface area (Å²) < 4.78 is 15.1. The Balaban J connectivity index is 4.86. The van der Waals surface area contributed by atoms with E-state index in [-0.39, 0.29) is 32.6 Å². The van der Waals surface area contributed by atoms with E-state index < -0.39 is 29.7 Å². The minimum atomic E-state index is -0.664. The maximum Gasteiger partial charge on any atom is 0.410 e. The quantitative estimate of drug-likeness (QED) is 0.502. The van der Waals surface area contributed by atoms with Crippen molar-refractivity contribution in [2.24, 2.45) is 0 Å². The second kappa shape index (κ2) is 10.1. The van der Waals surface area contributed by atoms with Crippen LogP contribution in [0, 0.1) is 0 Å². The van der Waals surface area contributed by atoms with Gasteiger partial charge in [0.2, 0.25) is 0 Å². The standard InChI is InChI=1S/C16H29NO6/c1-7-21-13(18)9-10-17(15(20)23-16(4,5)6)12(3)11-14(19)22-8-2/h12H,7-11H2,1-6H3. The summed E-state index contributed by atoms with van der Waals surface area (Å²) >= 11 is 0. The van der Waals surface area contributed by atoms with Crippen LogP contribution in [-0.2, 0) is 23.8 Å². The number of esters is 2. The molecule has 0 aromatic heterocycles. The molecule has 0 aliphatic heterocycles. The molecule has 1 atom stereocenters. The molecule has 1 unspecified atom stereocenters. The van der Waals surface area contributed by atoms with E-state index in [1.54, 1.807) is 41.5 Å². The molecule has 0 heterocycles. The van der Waals surface area contributed by atoms with Crippen LogP contribution in [0.15, 0.2) is 0 Å². The Morgan fingerprint density at radius 2 is 1.52 bits per heavy atom. The summed E-state index contributed by atoms with van der Waals surface area (Å²) in [6.07, 6.45) is -0.491. The molecule has 7 nitrogen and oxygen atoms in total. The van der Waals surface area contributed by atoms with E-state index >= 15 is 0 Å². The van der Waals surface area contributed by atoms with E-state index in [1.807, 2.05) is 0 Å². The van der Waals surface area contributed by atoms with Crippen molar-refractivity contribution in [3.05, 3.63) is 0 Å². The normalized spacial score (nSPS) is 12.3. The first kappa shape index (κ1) is 21.2. The highest BCUT2D eigenvalue weighted by Gasteiger charge is 2.28. The van der Waals surface area contributed by atoms with Gasteiger partial charge in [0.1, 0.15) is 5.60 Å². The molecule has 0 saturated heterocycles. The van der Waals surface area contributed by atoms with Crippen LogP contribution in [0.2, 0.25) is 0 Å². The first-order chi connectivity index (χ1) is 10.6. The van der Waals surface area contributed by atoms with E-state index in [2.05, 4.69) is 0 Å². The van der Waals surface area contributed by atoms with Crippen LogP contribution < -0.4 is 0 Å². The lowest BCUT2D eigenvalue weighted by Crippen LogP contribution is -2.44. The number of rotatable bonds is 8. The van der Waals surface area contributed by atoms with Gasteiger partial charge in [0.15, 0.2) is 0 Å². The number of hydrogen-bond acceptors (Lipinski definition) is 6. The second-order valence-electron chi connectivity index (χ2n) is 6.09. The van der Waals surface area contributed by atoms with Gasteiger partial charge >= 0.3 is 18.0 Å². The molecule has 1 amide bonds. The largest absolute Gasteiger partial charge is 0.466 e. The number of amides is 1. The molecule has 23 heavy (non-hydrogen) atoms. The van der Waals surface area contributed by atoms with Crippen molar-refractivity contribution in [2.45, 2.75) is 66.0 Å². The molecule has 0 N–H and O–H groups in total. The van der Waals surface area contributed by atoms with Gasteiger partial charge in [-0.3, -0.25) is 9.59 Å². The smallest absolute Gasteiger partial charge is 0.410 e. The van der Waals surface area contributed by atoms with E-state index in [0.29, 0.717) is 0 Å². The van der Waals surface area contributed by atoms with Gasteiger partial charge in [-0.1, -0.05) is 0 Å². The van der Waals surface area contributed by atoms with Crippen LogP contribution in [0.4, 0.5) is 4.79 Å². The predicted octanol–water partition coefficient (Wildman–Crippen LogP) is 2.52. The Morgan fingerprint density at radius 3 is 2.00 bits per heavy atom. The van der Waals surface area contributed by atoms with E-state index in [1.165, 1.54) is 4.90 Å². The van der Waals surface area contributed by atoms with Gasteiger partial charge in [-0.25, -0.2) is 4.79 Å². The molecule has 0 rings (SSSR count). The monoisotopic (exact) mass is 331 g/mol. The van der Waals surface area contributed by atoms with Crippen molar-refractivity contribution < 1.29 is 28.6 Å². The number of carbonyl (C=O) groups is 3. The van der Waals surface area contributed by atoms with Crippen molar-refractivity contribution in [1.29, 1.82) is 0 Å². The van der Waals surface area contributed by atoms with Gasteiger partial charge in [-0.2, -0.15) is 0 Å². The third-order valence-electron chi connectivity index (χ3n) is 2.79. The lowest BCUT2D eigenvalue weighted by atomic mass is 10.2. The molecule has 0 aromatic rings. The van der Waals surface area contributed by atoms with Crippen LogP contribution >= 0.6 is 0 Å². The lowest BCUT2D eigenvalue weighted by Gasteiger charge is -2.31. The molecule has 7 heteroatoms. The zero-order chi connectivity index (χ0) is 18.0. The fourth-order valence-electron chi connectivity index (χ4n) is 1.83. The van der Waals surface area contributed by atoms with E-state index in [4.69, 9.17) is 14.2 Å². The van der Waals surface area contributed by atoms with Crippen molar-refractivity contribution >= 4 is 18.0 Å². The average molecular weight is 331 g/mol. The SMILES string of the molecule is CCOC(=O)CCN(C(=O)OC(C)(C)C)C(C)CC(=O)OCC. The molecule has 0 fully saturated rings. The molecule has 0 aliphatic rings. The van der Waals surface area contributed by atoms with Gasteiger partial charge in [-0.05, 0) is 41.5 Å². The molecule has 0 aromatic carbocycles. The van der Waals surface area contributed by atoms with Crippen molar-refractivity contribution in [2.75, 3.05) is 19.8 Å². The number of hydrogen-bond donors (Lipinski definition) is 0. The second-order valence-corrected chi connectivity index (χ2v) is 6.09. The Labute approximate surface area is 138 Å². The first-order valence-corrected chi connectivity index (χ1v) is 7.91. The molecule has 0 spiro atoms. The molecule has 0 saturated carbocycles. The van der Waals surface area contributed by atoms with Gasteiger partial charge in [0, 0.05) is 12.6 Å². The van der Waals surface area contributed by atoms with Crippen molar-refractivity contribution in [3.8, 4) is 0 Å². The molecular formula is C16H29NO6. The Morgan fingerprint density at radius 1 is 1.00 bits per heavy atom. The fraction of sp³-hybridized carbons (Fsp3) is 0.812. The summed E-state index contributed by atoms with van der Waals surface area (Å²) in [5.41, 5.74) is -0.664. The third-order valence-corrected chi connectivity index (χ3v) is 2.79. The molecule has 0 aliphatic carbocycles. The number of ether oxygens (including phenoxy) is 3. The zero-order valence-corrected chi connectivity index (χ0v) is 15.0. The molecule has 0 bridgehead atoms. The van der Waals surface area contributed by atoms with Crippen molar-refractivity contribution in [3.63, 3.8) is 0 Å². The van der Waals surface area contributed by atoms with Gasteiger partial charge in [-0.15, -0.1) is 0 Å². The average Bonchev–Trinajstić information content (AvgIpc) is 2.37. The number of nitrogens with zero attached hydrogens (tertiary/aromatic N) is 1. The van der Waals surface area contributed by atoms with Crippen LogP contribution in [0.25, 0.3) is 0 Å². The zero-order valence-electron chi connectivity index (χ0n) is 15.0. The fourth-order valence-corrected chi connectivity index (χ4v) is 1.83. The predicted molar refractivity (Wildman–Crippen MR) is 84.9 cm³/mol. The van der Waals surface area contributed by atoms with Crippen LogP contribution in [-0.4, -0.2) is 54.3 Å². The summed E-state index contributed by atoms with van der Waals surface area (Å²) in [7, 11) is 0. The topological polar surface area (TPSA) is 82.1 Å². The third kappa shape index (κ3) is 9.76. The number of carbonyl (C=O) groups excluding carboxylic acids is 3. The van der Waals surface area contributed by atoms with Crippen LogP contribution in [0.3, 0.4) is 0 Å². The summed E-state index contributed by atoms with van der Waals surface area (Å²) in [6, 6.07) is -0.446. The van der Waals surface area contributed by atoms with E-state index in [9.17, 15) is 14.4 Å². The summed E-state index contributed by atoms with van der Waals surface area (Å²) in [6.45, 7) is 11.1. The molecule has 134 valence electrons. The van der Waals surface area contributed by atoms with Gasteiger partial charge < -0.3 is 19.1 Å². The Hall–Kier alpha value is -1.79. The van der Waals surface area contributed by atoms with Gasteiger partial charge in [0.05, 0.1) is 26.1 Å². The van der Waals surface area contributed by atoms with Gasteiger partial charge in [0.25, 0.3) is 0 Å². The van der Waals surface area contributed by atoms with Crippen molar-refractivity contribution in [1.82, 2.24) is 4.90 Å². The highest BCUT2D eigenvalue weighted by molar-refractivity contribution is 5.74. The Bertz CT molecular complexity index is 402. The first-order valence-electron chi connectivity index (χ1n) is 7.91. The lowest BCUT2D eigenvalue weighted by molar-refractivity contribution is -0.144. The van der Waals surface area contributed by atoms with Crippen LogP contribution in [0.5, 0.6) is 0 Å². The highest BCUT2D eigenvalue weighted by atomic mass is 16.6. The Kier molecular flexibility index (Phi) is 9.29. The maximum atomic E-state index is 12.3. The van der Waals surface area contributed by atoms with Crippen LogP contribution in [0.1, 0.15) is 54.4 Å². The summed E-state index contributed by atoms with van der Waals surface area (Å²) in [5, 5.41) is 0. The minimum absolute atomic E-state index is 0.0376. The maximum absolute atomic E-state index is 12.3. The summed E-state index contributed by atoms with van der Waals surface area (Å²) in [5.74, 6) is -0.797. The molecular weight excluding hydrogens is 302 g/mol. The molecule has 0 radical (unpaired) electrons. The highest BCUT2D eigenvalue weighted by Crippen LogP contribution is 2.14. The minimum Gasteiger partial charge on any atom is -0.466 e.